The molecule has 1 saturated heterocycles. The van der Waals surface area contributed by atoms with E-state index in [1.807, 2.05) is 36.2 Å². The van der Waals surface area contributed by atoms with Gasteiger partial charge in [-0.3, -0.25) is 0 Å². The van der Waals surface area contributed by atoms with Gasteiger partial charge in [-0.25, -0.2) is 13.4 Å². The van der Waals surface area contributed by atoms with Crippen molar-refractivity contribution >= 4 is 21.6 Å². The first-order valence-electron chi connectivity index (χ1n) is 8.92. The highest BCUT2D eigenvalue weighted by molar-refractivity contribution is 7.91. The summed E-state index contributed by atoms with van der Waals surface area (Å²) in [5, 5.41) is 0. The third kappa shape index (κ3) is 4.33. The minimum absolute atomic E-state index is 0.0237. The Balaban J connectivity index is 1.82. The van der Waals surface area contributed by atoms with Crippen molar-refractivity contribution in [2.45, 2.75) is 38.9 Å². The molecule has 0 spiro atoms. The molecular formula is C19H26N4O2S. The zero-order valence-corrected chi connectivity index (χ0v) is 16.4. The molecule has 3 rings (SSSR count). The van der Waals surface area contributed by atoms with Crippen LogP contribution in [0.4, 0.5) is 11.8 Å². The zero-order valence-electron chi connectivity index (χ0n) is 15.5. The SMILES string of the molecule is CC(C)N(Cc1ccccc1)c1nccc(N(C)C2CCS(=O)(=O)C2)n1. The van der Waals surface area contributed by atoms with Gasteiger partial charge in [-0.1, -0.05) is 30.3 Å². The molecule has 140 valence electrons. The van der Waals surface area contributed by atoms with Gasteiger partial charge in [-0.2, -0.15) is 4.98 Å². The van der Waals surface area contributed by atoms with Crippen LogP contribution in [0.2, 0.25) is 0 Å². The molecule has 1 aromatic heterocycles. The van der Waals surface area contributed by atoms with Crippen molar-refractivity contribution in [1.82, 2.24) is 9.97 Å². The van der Waals surface area contributed by atoms with Crippen LogP contribution in [0.25, 0.3) is 0 Å². The lowest BCUT2D eigenvalue weighted by Crippen LogP contribution is -2.35. The molecule has 1 aliphatic heterocycles. The van der Waals surface area contributed by atoms with E-state index < -0.39 is 9.84 Å². The summed E-state index contributed by atoms with van der Waals surface area (Å²) in [5.74, 6) is 1.87. The van der Waals surface area contributed by atoms with Gasteiger partial charge in [0.25, 0.3) is 0 Å². The fourth-order valence-electron chi connectivity index (χ4n) is 3.21. The van der Waals surface area contributed by atoms with Crippen molar-refractivity contribution in [2.75, 3.05) is 28.4 Å². The average Bonchev–Trinajstić information content (AvgIpc) is 2.99. The van der Waals surface area contributed by atoms with Crippen LogP contribution in [-0.4, -0.2) is 49.0 Å². The number of sulfone groups is 1. The Morgan fingerprint density at radius 2 is 1.92 bits per heavy atom. The number of hydrogen-bond donors (Lipinski definition) is 0. The molecule has 2 aromatic rings. The highest BCUT2D eigenvalue weighted by Crippen LogP contribution is 2.23. The summed E-state index contributed by atoms with van der Waals surface area (Å²) < 4.78 is 23.6. The summed E-state index contributed by atoms with van der Waals surface area (Å²) in [6.45, 7) is 4.96. The molecule has 1 aromatic carbocycles. The van der Waals surface area contributed by atoms with E-state index in [1.165, 1.54) is 5.56 Å². The molecular weight excluding hydrogens is 348 g/mol. The molecule has 26 heavy (non-hydrogen) atoms. The third-order valence-corrected chi connectivity index (χ3v) is 6.57. The van der Waals surface area contributed by atoms with Crippen molar-refractivity contribution < 1.29 is 8.42 Å². The first-order chi connectivity index (χ1) is 12.4. The second-order valence-electron chi connectivity index (χ2n) is 7.09. The molecule has 0 bridgehead atoms. The van der Waals surface area contributed by atoms with Crippen LogP contribution in [-0.2, 0) is 16.4 Å². The van der Waals surface area contributed by atoms with Crippen molar-refractivity contribution in [3.05, 3.63) is 48.2 Å². The van der Waals surface area contributed by atoms with Gasteiger partial charge in [0.2, 0.25) is 5.95 Å². The fraction of sp³-hybridized carbons (Fsp3) is 0.474. The van der Waals surface area contributed by atoms with E-state index >= 15 is 0 Å². The van der Waals surface area contributed by atoms with E-state index in [9.17, 15) is 8.42 Å². The number of nitrogens with zero attached hydrogens (tertiary/aromatic N) is 4. The molecule has 6 nitrogen and oxygen atoms in total. The Labute approximate surface area is 155 Å². The Morgan fingerprint density at radius 3 is 2.54 bits per heavy atom. The van der Waals surface area contributed by atoms with Crippen LogP contribution in [0.3, 0.4) is 0 Å². The van der Waals surface area contributed by atoms with Gasteiger partial charge in [0.15, 0.2) is 9.84 Å². The van der Waals surface area contributed by atoms with Crippen molar-refractivity contribution in [3.63, 3.8) is 0 Å². The second-order valence-corrected chi connectivity index (χ2v) is 9.32. The summed E-state index contributed by atoms with van der Waals surface area (Å²) in [7, 11) is -1.01. The maximum atomic E-state index is 11.8. The number of benzene rings is 1. The summed E-state index contributed by atoms with van der Waals surface area (Å²) >= 11 is 0. The van der Waals surface area contributed by atoms with Gasteiger partial charge in [-0.05, 0) is 31.9 Å². The molecule has 0 amide bonds. The molecule has 1 fully saturated rings. The Kier molecular flexibility index (Phi) is 5.46. The molecule has 0 aliphatic carbocycles. The summed E-state index contributed by atoms with van der Waals surface area (Å²) in [6, 6.07) is 12.3. The Hall–Kier alpha value is -2.15. The highest BCUT2D eigenvalue weighted by atomic mass is 32.2. The summed E-state index contributed by atoms with van der Waals surface area (Å²) in [4.78, 5) is 13.3. The smallest absolute Gasteiger partial charge is 0.227 e. The standard InChI is InChI=1S/C19H26N4O2S/c1-15(2)23(13-16-7-5-4-6-8-16)19-20-11-9-18(21-19)22(3)17-10-12-26(24,25)14-17/h4-9,11,15,17H,10,12-14H2,1-3H3. The van der Waals surface area contributed by atoms with Crippen LogP contribution in [0, 0.1) is 0 Å². The van der Waals surface area contributed by atoms with E-state index in [2.05, 4.69) is 35.9 Å². The number of anilines is 2. The van der Waals surface area contributed by atoms with Gasteiger partial charge in [0.1, 0.15) is 5.82 Å². The molecule has 0 radical (unpaired) electrons. The van der Waals surface area contributed by atoms with Crippen LogP contribution in [0.5, 0.6) is 0 Å². The van der Waals surface area contributed by atoms with Gasteiger partial charge in [-0.15, -0.1) is 0 Å². The number of aromatic nitrogens is 2. The first-order valence-corrected chi connectivity index (χ1v) is 10.7. The second kappa shape index (κ2) is 7.61. The average molecular weight is 375 g/mol. The topological polar surface area (TPSA) is 66.4 Å². The predicted octanol–water partition coefficient (Wildman–Crippen LogP) is 2.51. The maximum Gasteiger partial charge on any atom is 0.227 e. The third-order valence-electron chi connectivity index (χ3n) is 4.82. The monoisotopic (exact) mass is 374 g/mol. The predicted molar refractivity (Wildman–Crippen MR) is 105 cm³/mol. The first kappa shape index (κ1) is 18.6. The normalized spacial score (nSPS) is 18.8. The minimum atomic E-state index is -2.92. The maximum absolute atomic E-state index is 11.8. The molecule has 1 aliphatic rings. The molecule has 2 heterocycles. The number of hydrogen-bond acceptors (Lipinski definition) is 6. The molecule has 0 N–H and O–H groups in total. The molecule has 1 atom stereocenters. The molecule has 7 heteroatoms. The van der Waals surface area contributed by atoms with E-state index in [1.54, 1.807) is 6.20 Å². The van der Waals surface area contributed by atoms with Crippen LogP contribution in [0.1, 0.15) is 25.8 Å². The van der Waals surface area contributed by atoms with Crippen molar-refractivity contribution in [3.8, 4) is 0 Å². The summed E-state index contributed by atoms with van der Waals surface area (Å²) in [5.41, 5.74) is 1.20. The largest absolute Gasteiger partial charge is 0.355 e. The minimum Gasteiger partial charge on any atom is -0.355 e. The lowest BCUT2D eigenvalue weighted by Gasteiger charge is -2.29. The van der Waals surface area contributed by atoms with E-state index in [-0.39, 0.29) is 23.6 Å². The lowest BCUT2D eigenvalue weighted by atomic mass is 10.2. The van der Waals surface area contributed by atoms with E-state index in [0.29, 0.717) is 12.4 Å². The van der Waals surface area contributed by atoms with Gasteiger partial charge >= 0.3 is 0 Å². The molecule has 0 saturated carbocycles. The van der Waals surface area contributed by atoms with E-state index in [0.717, 1.165) is 12.4 Å². The van der Waals surface area contributed by atoms with Gasteiger partial charge < -0.3 is 9.80 Å². The fourth-order valence-corrected chi connectivity index (χ4v) is 4.98. The van der Waals surface area contributed by atoms with E-state index in [4.69, 9.17) is 4.98 Å². The lowest BCUT2D eigenvalue weighted by molar-refractivity contribution is 0.600. The van der Waals surface area contributed by atoms with Crippen molar-refractivity contribution in [1.29, 1.82) is 0 Å². The van der Waals surface area contributed by atoms with Gasteiger partial charge in [0.05, 0.1) is 11.5 Å². The van der Waals surface area contributed by atoms with Crippen LogP contribution >= 0.6 is 0 Å². The Bertz CT molecular complexity index is 840. The highest BCUT2D eigenvalue weighted by Gasteiger charge is 2.31. The summed E-state index contributed by atoms with van der Waals surface area (Å²) in [6.07, 6.45) is 2.40. The van der Waals surface area contributed by atoms with Gasteiger partial charge in [0, 0.05) is 31.9 Å². The molecule has 1 unspecified atom stereocenters. The zero-order chi connectivity index (χ0) is 18.7. The Morgan fingerprint density at radius 1 is 1.19 bits per heavy atom. The van der Waals surface area contributed by atoms with Crippen LogP contribution in [0.15, 0.2) is 42.6 Å². The quantitative estimate of drug-likeness (QED) is 0.774. The van der Waals surface area contributed by atoms with Crippen molar-refractivity contribution in [2.24, 2.45) is 0 Å². The number of rotatable bonds is 6. The van der Waals surface area contributed by atoms with Crippen LogP contribution < -0.4 is 9.80 Å².